The number of amides is 1. The Morgan fingerprint density at radius 3 is 2.84 bits per heavy atom. The minimum Gasteiger partial charge on any atom is -0.387 e. The zero-order chi connectivity index (χ0) is 13.8. The van der Waals surface area contributed by atoms with Crippen LogP contribution in [0.3, 0.4) is 0 Å². The van der Waals surface area contributed by atoms with Crippen LogP contribution in [-0.4, -0.2) is 27.5 Å². The number of benzene rings is 1. The molecule has 0 aliphatic heterocycles. The van der Waals surface area contributed by atoms with Gasteiger partial charge in [-0.3, -0.25) is 14.9 Å². The number of nitrogens with zero attached hydrogens (tertiary/aromatic N) is 3. The van der Waals surface area contributed by atoms with Gasteiger partial charge in [0, 0.05) is 36.4 Å². The predicted molar refractivity (Wildman–Crippen MR) is 70.5 cm³/mol. The highest BCUT2D eigenvalue weighted by molar-refractivity contribution is 7.10. The largest absolute Gasteiger partial charge is 0.387 e. The van der Waals surface area contributed by atoms with Gasteiger partial charge in [0.05, 0.1) is 16.7 Å². The summed E-state index contributed by atoms with van der Waals surface area (Å²) in [6.07, 6.45) is 1.40. The minimum absolute atomic E-state index is 0.147. The number of anilines is 2. The van der Waals surface area contributed by atoms with Crippen LogP contribution in [0, 0.1) is 10.1 Å². The molecule has 19 heavy (non-hydrogen) atoms. The van der Waals surface area contributed by atoms with Gasteiger partial charge in [0.25, 0.3) is 11.6 Å². The lowest BCUT2D eigenvalue weighted by atomic mass is 10.1. The molecule has 0 aliphatic rings. The topological polar surface area (TPSA) is 110 Å². The maximum atomic E-state index is 12.0. The fourth-order valence-corrected chi connectivity index (χ4v) is 1.87. The van der Waals surface area contributed by atoms with E-state index in [2.05, 4.69) is 20.2 Å². The van der Waals surface area contributed by atoms with E-state index in [0.29, 0.717) is 10.7 Å². The second kappa shape index (κ2) is 5.40. The SMILES string of the molecule is CNc1ccc([N+](=O)[O-])cc1C(=O)Nc1cnns1. The van der Waals surface area contributed by atoms with E-state index in [0.717, 1.165) is 11.5 Å². The van der Waals surface area contributed by atoms with Gasteiger partial charge in [0.15, 0.2) is 0 Å². The molecule has 0 saturated heterocycles. The third kappa shape index (κ3) is 2.83. The van der Waals surface area contributed by atoms with Crippen molar-refractivity contribution in [2.24, 2.45) is 0 Å². The molecule has 8 nitrogen and oxygen atoms in total. The number of aromatic nitrogens is 2. The van der Waals surface area contributed by atoms with Crippen molar-refractivity contribution < 1.29 is 9.72 Å². The third-order valence-corrected chi connectivity index (χ3v) is 2.91. The molecule has 9 heteroatoms. The number of carbonyl (C=O) groups is 1. The number of carbonyl (C=O) groups excluding carboxylic acids is 1. The summed E-state index contributed by atoms with van der Waals surface area (Å²) in [5, 5.41) is 20.2. The number of rotatable bonds is 4. The standard InChI is InChI=1S/C10H9N5O3S/c1-11-8-3-2-6(15(17)18)4-7(8)10(16)13-9-5-12-14-19-9/h2-5,11H,1H3,(H,13,16). The zero-order valence-corrected chi connectivity index (χ0v) is 10.6. The molecule has 1 heterocycles. The van der Waals surface area contributed by atoms with E-state index < -0.39 is 10.8 Å². The van der Waals surface area contributed by atoms with Crippen LogP contribution in [0.2, 0.25) is 0 Å². The van der Waals surface area contributed by atoms with Gasteiger partial charge in [0.2, 0.25) is 0 Å². The van der Waals surface area contributed by atoms with Gasteiger partial charge in [-0.1, -0.05) is 4.49 Å². The van der Waals surface area contributed by atoms with E-state index in [9.17, 15) is 14.9 Å². The number of hydrogen-bond acceptors (Lipinski definition) is 7. The number of nitro groups is 1. The van der Waals surface area contributed by atoms with E-state index in [1.807, 2.05) is 0 Å². The molecule has 1 amide bonds. The van der Waals surface area contributed by atoms with Crippen molar-refractivity contribution in [2.75, 3.05) is 17.7 Å². The van der Waals surface area contributed by atoms with Crippen molar-refractivity contribution in [2.45, 2.75) is 0 Å². The Bertz CT molecular complexity index is 614. The number of nitro benzene ring substituents is 1. The monoisotopic (exact) mass is 279 g/mol. The zero-order valence-electron chi connectivity index (χ0n) is 9.78. The molecule has 0 spiro atoms. The molecule has 2 N–H and O–H groups in total. The van der Waals surface area contributed by atoms with Crippen LogP contribution >= 0.6 is 11.5 Å². The molecule has 1 aromatic carbocycles. The van der Waals surface area contributed by atoms with Crippen molar-refractivity contribution >= 4 is 33.8 Å². The summed E-state index contributed by atoms with van der Waals surface area (Å²) >= 11 is 1.02. The summed E-state index contributed by atoms with van der Waals surface area (Å²) in [6.45, 7) is 0. The average Bonchev–Trinajstić information content (AvgIpc) is 2.90. The number of non-ortho nitro benzene ring substituents is 1. The molecule has 0 aliphatic carbocycles. The first-order valence-electron chi connectivity index (χ1n) is 5.16. The van der Waals surface area contributed by atoms with Gasteiger partial charge in [-0.05, 0) is 6.07 Å². The summed E-state index contributed by atoms with van der Waals surface area (Å²) in [6, 6.07) is 4.03. The summed E-state index contributed by atoms with van der Waals surface area (Å²) in [7, 11) is 1.63. The van der Waals surface area contributed by atoms with Crippen LogP contribution < -0.4 is 10.6 Å². The summed E-state index contributed by atoms with van der Waals surface area (Å²) in [5.74, 6) is -0.459. The smallest absolute Gasteiger partial charge is 0.270 e. The summed E-state index contributed by atoms with van der Waals surface area (Å²) in [5.41, 5.74) is 0.539. The Balaban J connectivity index is 2.33. The highest BCUT2D eigenvalue weighted by Crippen LogP contribution is 2.23. The van der Waals surface area contributed by atoms with Crippen molar-refractivity contribution in [1.29, 1.82) is 0 Å². The van der Waals surface area contributed by atoms with E-state index in [4.69, 9.17) is 0 Å². The van der Waals surface area contributed by atoms with Crippen LogP contribution in [0.15, 0.2) is 24.4 Å². The Hall–Kier alpha value is -2.55. The summed E-state index contributed by atoms with van der Waals surface area (Å²) in [4.78, 5) is 22.2. The lowest BCUT2D eigenvalue weighted by Gasteiger charge is -2.08. The molecular weight excluding hydrogens is 270 g/mol. The van der Waals surface area contributed by atoms with E-state index >= 15 is 0 Å². The molecule has 0 bridgehead atoms. The van der Waals surface area contributed by atoms with Crippen LogP contribution in [0.25, 0.3) is 0 Å². The predicted octanol–water partition coefficient (Wildman–Crippen LogP) is 1.74. The first kappa shape index (κ1) is 12.9. The van der Waals surface area contributed by atoms with Crippen molar-refractivity contribution in [3.8, 4) is 0 Å². The number of nitrogens with one attached hydrogen (secondary N) is 2. The van der Waals surface area contributed by atoms with Crippen LogP contribution in [0.4, 0.5) is 16.4 Å². The minimum atomic E-state index is -0.551. The first-order chi connectivity index (χ1) is 9.11. The van der Waals surface area contributed by atoms with E-state index in [1.54, 1.807) is 7.05 Å². The summed E-state index contributed by atoms with van der Waals surface area (Å²) < 4.78 is 3.61. The van der Waals surface area contributed by atoms with Gasteiger partial charge in [-0.2, -0.15) is 0 Å². The van der Waals surface area contributed by atoms with Gasteiger partial charge < -0.3 is 10.6 Å². The molecule has 0 saturated carbocycles. The van der Waals surface area contributed by atoms with Crippen LogP contribution in [-0.2, 0) is 0 Å². The Morgan fingerprint density at radius 2 is 2.26 bits per heavy atom. The molecule has 0 atom stereocenters. The van der Waals surface area contributed by atoms with E-state index in [1.165, 1.54) is 24.4 Å². The second-order valence-electron chi connectivity index (χ2n) is 3.47. The normalized spacial score (nSPS) is 9.95. The Morgan fingerprint density at radius 1 is 1.47 bits per heavy atom. The fourth-order valence-electron chi connectivity index (χ4n) is 1.45. The lowest BCUT2D eigenvalue weighted by molar-refractivity contribution is -0.384. The molecule has 0 radical (unpaired) electrons. The van der Waals surface area contributed by atoms with Crippen molar-refractivity contribution in [3.63, 3.8) is 0 Å². The molecule has 1 aromatic heterocycles. The van der Waals surface area contributed by atoms with Crippen molar-refractivity contribution in [3.05, 3.63) is 40.1 Å². The molecule has 0 unspecified atom stereocenters. The van der Waals surface area contributed by atoms with Crippen LogP contribution in [0.5, 0.6) is 0 Å². The van der Waals surface area contributed by atoms with Crippen LogP contribution in [0.1, 0.15) is 10.4 Å². The number of hydrogen-bond donors (Lipinski definition) is 2. The average molecular weight is 279 g/mol. The fraction of sp³-hybridized carbons (Fsp3) is 0.100. The maximum absolute atomic E-state index is 12.0. The maximum Gasteiger partial charge on any atom is 0.270 e. The Labute approximate surface area is 111 Å². The lowest BCUT2D eigenvalue weighted by Crippen LogP contribution is -2.13. The highest BCUT2D eigenvalue weighted by atomic mass is 32.1. The second-order valence-corrected chi connectivity index (χ2v) is 4.26. The molecular formula is C10H9N5O3S. The molecule has 2 rings (SSSR count). The van der Waals surface area contributed by atoms with Crippen molar-refractivity contribution in [1.82, 2.24) is 9.59 Å². The first-order valence-corrected chi connectivity index (χ1v) is 5.94. The Kier molecular flexibility index (Phi) is 3.66. The van der Waals surface area contributed by atoms with Gasteiger partial charge in [-0.25, -0.2) is 0 Å². The van der Waals surface area contributed by atoms with Gasteiger partial charge in [-0.15, -0.1) is 5.10 Å². The van der Waals surface area contributed by atoms with E-state index in [-0.39, 0.29) is 11.3 Å². The molecule has 98 valence electrons. The molecule has 0 fully saturated rings. The third-order valence-electron chi connectivity index (χ3n) is 2.33. The van der Waals surface area contributed by atoms with Gasteiger partial charge in [0.1, 0.15) is 5.00 Å². The van der Waals surface area contributed by atoms with Gasteiger partial charge >= 0.3 is 0 Å². The highest BCUT2D eigenvalue weighted by Gasteiger charge is 2.16. The molecule has 2 aromatic rings. The quantitative estimate of drug-likeness (QED) is 0.651.